The maximum absolute atomic E-state index is 12.4. The first-order valence-electron chi connectivity index (χ1n) is 6.70. The molecule has 1 aromatic rings. The molecule has 110 valence electrons. The van der Waals surface area contributed by atoms with Crippen LogP contribution in [0.4, 0.5) is 0 Å². The third-order valence-electron chi connectivity index (χ3n) is 3.42. The number of fused-ring (bicyclic) bond motifs is 1. The number of nitrogens with zero attached hydrogens (tertiary/aromatic N) is 1. The highest BCUT2D eigenvalue weighted by molar-refractivity contribution is 6.21. The van der Waals surface area contributed by atoms with Gasteiger partial charge in [0.1, 0.15) is 12.4 Å². The highest BCUT2D eigenvalue weighted by Crippen LogP contribution is 2.27. The number of ether oxygens (including phenoxy) is 2. The predicted molar refractivity (Wildman–Crippen MR) is 78.3 cm³/mol. The molecule has 5 heteroatoms. The lowest BCUT2D eigenvalue weighted by atomic mass is 9.95. The van der Waals surface area contributed by atoms with Gasteiger partial charge >= 0.3 is 0 Å². The minimum atomic E-state index is -0.189. The fourth-order valence-corrected chi connectivity index (χ4v) is 2.75. The van der Waals surface area contributed by atoms with Gasteiger partial charge in [-0.25, -0.2) is 0 Å². The Morgan fingerprint density at radius 3 is 3.05 bits per heavy atom. The molecule has 0 N–H and O–H groups in total. The molecule has 0 saturated heterocycles. The van der Waals surface area contributed by atoms with Gasteiger partial charge in [-0.15, -0.1) is 11.6 Å². The average molecular weight is 298 g/mol. The van der Waals surface area contributed by atoms with Crippen LogP contribution in [-0.2, 0) is 16.0 Å². The molecule has 0 saturated carbocycles. The van der Waals surface area contributed by atoms with Gasteiger partial charge in [-0.2, -0.15) is 0 Å². The van der Waals surface area contributed by atoms with Gasteiger partial charge in [-0.1, -0.05) is 18.2 Å². The van der Waals surface area contributed by atoms with Gasteiger partial charge in [0.25, 0.3) is 0 Å². The molecule has 1 amide bonds. The van der Waals surface area contributed by atoms with E-state index in [0.29, 0.717) is 19.8 Å². The number of hydrogen-bond acceptors (Lipinski definition) is 3. The second-order valence-corrected chi connectivity index (χ2v) is 5.71. The molecule has 2 atom stereocenters. The van der Waals surface area contributed by atoms with E-state index in [1.54, 1.807) is 19.1 Å². The van der Waals surface area contributed by atoms with Crippen molar-refractivity contribution < 1.29 is 14.3 Å². The molecule has 1 aliphatic heterocycles. The molecule has 4 nitrogen and oxygen atoms in total. The largest absolute Gasteiger partial charge is 0.492 e. The van der Waals surface area contributed by atoms with Gasteiger partial charge < -0.3 is 14.4 Å². The van der Waals surface area contributed by atoms with Gasteiger partial charge in [-0.3, -0.25) is 4.79 Å². The topological polar surface area (TPSA) is 38.8 Å². The quantitative estimate of drug-likeness (QED) is 0.780. The molecule has 0 radical (unpaired) electrons. The molecule has 0 bridgehead atoms. The number of rotatable bonds is 5. The highest BCUT2D eigenvalue weighted by atomic mass is 35.5. The maximum atomic E-state index is 12.4. The minimum Gasteiger partial charge on any atom is -0.492 e. The normalized spacial score (nSPS) is 18.9. The van der Waals surface area contributed by atoms with Crippen LogP contribution >= 0.6 is 11.6 Å². The van der Waals surface area contributed by atoms with Crippen LogP contribution in [0.1, 0.15) is 5.56 Å². The molecule has 2 rings (SSSR count). The number of hydrogen-bond donors (Lipinski definition) is 0. The number of methoxy groups -OCH3 is 1. The summed E-state index contributed by atoms with van der Waals surface area (Å²) in [5.41, 5.74) is 1.09. The average Bonchev–Trinajstić information content (AvgIpc) is 2.46. The fraction of sp³-hybridized carbons (Fsp3) is 0.533. The summed E-state index contributed by atoms with van der Waals surface area (Å²) in [6.45, 7) is 1.34. The lowest BCUT2D eigenvalue weighted by molar-refractivity contribution is -0.135. The Balaban J connectivity index is 1.94. The summed E-state index contributed by atoms with van der Waals surface area (Å²) in [5, 5.41) is -0.189. The van der Waals surface area contributed by atoms with E-state index >= 15 is 0 Å². The molecular formula is C15H20ClNO3. The van der Waals surface area contributed by atoms with Crippen LogP contribution in [0.3, 0.4) is 0 Å². The SMILES string of the molecule is COCC(Cl)CN(C)C(=O)C1COc2ccccc2C1. The second kappa shape index (κ2) is 6.95. The van der Waals surface area contributed by atoms with Crippen molar-refractivity contribution >= 4 is 17.5 Å². The molecule has 2 unspecified atom stereocenters. The minimum absolute atomic E-state index is 0.0706. The van der Waals surface area contributed by atoms with Crippen molar-refractivity contribution in [2.45, 2.75) is 11.8 Å². The molecule has 0 fully saturated rings. The number of benzene rings is 1. The third-order valence-corrected chi connectivity index (χ3v) is 3.69. The van der Waals surface area contributed by atoms with Crippen LogP contribution in [0.2, 0.25) is 0 Å². The molecule has 20 heavy (non-hydrogen) atoms. The summed E-state index contributed by atoms with van der Waals surface area (Å²) in [6.07, 6.45) is 0.719. The van der Waals surface area contributed by atoms with Gasteiger partial charge in [-0.05, 0) is 18.1 Å². The Hall–Kier alpha value is -1.26. The predicted octanol–water partition coefficient (Wildman–Crippen LogP) is 1.95. The van der Waals surface area contributed by atoms with E-state index in [9.17, 15) is 4.79 Å². The summed E-state index contributed by atoms with van der Waals surface area (Å²) in [7, 11) is 3.37. The molecular weight excluding hydrogens is 278 g/mol. The van der Waals surface area contributed by atoms with Crippen molar-refractivity contribution in [1.82, 2.24) is 4.90 Å². The number of para-hydroxylation sites is 1. The summed E-state index contributed by atoms with van der Waals surface area (Å²) in [5.74, 6) is 0.816. The van der Waals surface area contributed by atoms with E-state index in [-0.39, 0.29) is 17.2 Å². The molecule has 1 aromatic carbocycles. The Bertz CT molecular complexity index is 466. The number of amides is 1. The molecule has 0 aliphatic carbocycles. The Labute approximate surface area is 124 Å². The molecule has 1 heterocycles. The first kappa shape index (κ1) is 15.1. The number of carbonyl (C=O) groups excluding carboxylic acids is 1. The lowest BCUT2D eigenvalue weighted by Crippen LogP contribution is -2.41. The van der Waals surface area contributed by atoms with Crippen LogP contribution in [0.5, 0.6) is 5.75 Å². The van der Waals surface area contributed by atoms with E-state index in [1.807, 2.05) is 24.3 Å². The number of carbonyl (C=O) groups is 1. The summed E-state index contributed by atoms with van der Waals surface area (Å²) in [6, 6.07) is 7.85. The van der Waals surface area contributed by atoms with Crippen molar-refractivity contribution in [3.05, 3.63) is 29.8 Å². The maximum Gasteiger partial charge on any atom is 0.229 e. The Morgan fingerprint density at radius 1 is 1.55 bits per heavy atom. The molecule has 0 aromatic heterocycles. The Kier molecular flexibility index (Phi) is 5.26. The zero-order valence-corrected chi connectivity index (χ0v) is 12.6. The van der Waals surface area contributed by atoms with Gasteiger partial charge in [0.05, 0.1) is 17.9 Å². The Morgan fingerprint density at radius 2 is 2.30 bits per heavy atom. The van der Waals surface area contributed by atoms with E-state index in [4.69, 9.17) is 21.1 Å². The van der Waals surface area contributed by atoms with Crippen molar-refractivity contribution in [2.24, 2.45) is 5.92 Å². The van der Waals surface area contributed by atoms with Crippen LogP contribution in [0.25, 0.3) is 0 Å². The second-order valence-electron chi connectivity index (χ2n) is 5.09. The van der Waals surface area contributed by atoms with E-state index in [0.717, 1.165) is 17.7 Å². The van der Waals surface area contributed by atoms with Gasteiger partial charge in [0, 0.05) is 20.7 Å². The van der Waals surface area contributed by atoms with Gasteiger partial charge in [0.2, 0.25) is 5.91 Å². The smallest absolute Gasteiger partial charge is 0.229 e. The lowest BCUT2D eigenvalue weighted by Gasteiger charge is -2.29. The number of alkyl halides is 1. The fourth-order valence-electron chi connectivity index (χ4n) is 2.42. The first-order chi connectivity index (χ1) is 9.61. The van der Waals surface area contributed by atoms with E-state index in [1.165, 1.54) is 0 Å². The van der Waals surface area contributed by atoms with Crippen LogP contribution in [0, 0.1) is 5.92 Å². The standard InChI is InChI=1S/C15H20ClNO3/c1-17(8-13(16)10-19-2)15(18)12-7-11-5-3-4-6-14(11)20-9-12/h3-6,12-13H,7-10H2,1-2H3. The van der Waals surface area contributed by atoms with Crippen LogP contribution in [0.15, 0.2) is 24.3 Å². The van der Waals surface area contributed by atoms with Crippen LogP contribution < -0.4 is 4.74 Å². The highest BCUT2D eigenvalue weighted by Gasteiger charge is 2.28. The van der Waals surface area contributed by atoms with Crippen molar-refractivity contribution in [3.63, 3.8) is 0 Å². The molecule has 0 spiro atoms. The summed E-state index contributed by atoms with van der Waals surface area (Å²) in [4.78, 5) is 14.1. The number of halogens is 1. The molecule has 1 aliphatic rings. The van der Waals surface area contributed by atoms with Crippen molar-refractivity contribution in [2.75, 3.05) is 33.9 Å². The summed E-state index contributed by atoms with van der Waals surface area (Å²) < 4.78 is 10.6. The van der Waals surface area contributed by atoms with E-state index in [2.05, 4.69) is 0 Å². The first-order valence-corrected chi connectivity index (χ1v) is 7.14. The monoisotopic (exact) mass is 297 g/mol. The summed E-state index contributed by atoms with van der Waals surface area (Å²) >= 11 is 6.09. The zero-order chi connectivity index (χ0) is 14.5. The van der Waals surface area contributed by atoms with Crippen molar-refractivity contribution in [1.29, 1.82) is 0 Å². The third kappa shape index (κ3) is 3.64. The van der Waals surface area contributed by atoms with Gasteiger partial charge in [0.15, 0.2) is 0 Å². The van der Waals surface area contributed by atoms with E-state index < -0.39 is 0 Å². The zero-order valence-electron chi connectivity index (χ0n) is 11.8. The van der Waals surface area contributed by atoms with Crippen LogP contribution in [-0.4, -0.2) is 50.1 Å². The van der Waals surface area contributed by atoms with Crippen molar-refractivity contribution in [3.8, 4) is 5.75 Å².